The van der Waals surface area contributed by atoms with Crippen molar-refractivity contribution in [2.75, 3.05) is 18.1 Å². The zero-order valence-electron chi connectivity index (χ0n) is 15.4. The van der Waals surface area contributed by atoms with Crippen molar-refractivity contribution in [2.45, 2.75) is 32.9 Å². The number of carbonyl (C=O) groups is 1. The van der Waals surface area contributed by atoms with Gasteiger partial charge in [0.2, 0.25) is 5.91 Å². The van der Waals surface area contributed by atoms with Gasteiger partial charge in [0.1, 0.15) is 12.2 Å². The zero-order valence-corrected chi connectivity index (χ0v) is 17.0. The Morgan fingerprint density at radius 1 is 1.37 bits per heavy atom. The van der Waals surface area contributed by atoms with Crippen LogP contribution in [0, 0.1) is 5.92 Å². The molecule has 146 valence electrons. The summed E-state index contributed by atoms with van der Waals surface area (Å²) >= 11 is 1.50. The fourth-order valence-corrected chi connectivity index (χ4v) is 5.63. The lowest BCUT2D eigenvalue weighted by Crippen LogP contribution is -2.46. The van der Waals surface area contributed by atoms with E-state index in [4.69, 9.17) is 0 Å². The average molecular weight is 410 g/mol. The molecule has 0 aromatic carbocycles. The van der Waals surface area contributed by atoms with E-state index in [1.165, 1.54) is 17.4 Å². The lowest BCUT2D eigenvalue weighted by Gasteiger charge is -2.30. The van der Waals surface area contributed by atoms with E-state index in [1.807, 2.05) is 31.4 Å². The largest absolute Gasteiger partial charge is 0.337 e. The van der Waals surface area contributed by atoms with Gasteiger partial charge < -0.3 is 4.90 Å². The molecule has 27 heavy (non-hydrogen) atoms. The number of aromatic nitrogens is 2. The van der Waals surface area contributed by atoms with Gasteiger partial charge in [0.05, 0.1) is 16.4 Å². The van der Waals surface area contributed by atoms with Crippen LogP contribution in [0.3, 0.4) is 0 Å². The quantitative estimate of drug-likeness (QED) is 0.724. The number of carbonyl (C=O) groups excluding carboxylic acids is 1. The highest BCUT2D eigenvalue weighted by Gasteiger charge is 2.35. The molecule has 1 saturated heterocycles. The van der Waals surface area contributed by atoms with E-state index in [0.717, 1.165) is 9.56 Å². The molecule has 0 aliphatic carbocycles. The van der Waals surface area contributed by atoms with E-state index in [-0.39, 0.29) is 41.5 Å². The maximum Gasteiger partial charge on any atom is 0.267 e. The Labute approximate surface area is 162 Å². The summed E-state index contributed by atoms with van der Waals surface area (Å²) < 4.78 is 24.8. The first-order valence-corrected chi connectivity index (χ1v) is 11.6. The van der Waals surface area contributed by atoms with Crippen LogP contribution < -0.4 is 5.56 Å². The highest BCUT2D eigenvalue weighted by Crippen LogP contribution is 2.22. The average Bonchev–Trinajstić information content (AvgIpc) is 3.24. The third-order valence-corrected chi connectivity index (χ3v) is 7.10. The van der Waals surface area contributed by atoms with Gasteiger partial charge >= 0.3 is 0 Å². The number of sulfone groups is 1. The molecule has 0 unspecified atom stereocenters. The minimum Gasteiger partial charge on any atom is -0.337 e. The SMILES string of the molecule is CC(C)CN(C(=O)Cn1nc(-c2cccs2)ccc1=O)[C@H]1CCS(=O)(=O)C1. The van der Waals surface area contributed by atoms with Crippen molar-refractivity contribution in [3.8, 4) is 10.6 Å². The molecular weight excluding hydrogens is 386 g/mol. The van der Waals surface area contributed by atoms with E-state index >= 15 is 0 Å². The van der Waals surface area contributed by atoms with Crippen LogP contribution in [0.15, 0.2) is 34.4 Å². The molecule has 2 aromatic heterocycles. The van der Waals surface area contributed by atoms with Crippen LogP contribution in [0.5, 0.6) is 0 Å². The number of rotatable bonds is 6. The van der Waals surface area contributed by atoms with Crippen LogP contribution in [-0.4, -0.2) is 53.1 Å². The summed E-state index contributed by atoms with van der Waals surface area (Å²) in [6.07, 6.45) is 0.443. The van der Waals surface area contributed by atoms with Crippen LogP contribution in [0.25, 0.3) is 10.6 Å². The molecule has 0 N–H and O–H groups in total. The molecule has 1 aliphatic heterocycles. The standard InChI is InChI=1S/C18H23N3O4S2/c1-13(2)10-20(14-7-9-27(24,25)12-14)18(23)11-21-17(22)6-5-15(19-21)16-4-3-8-26-16/h3-6,8,13-14H,7,9-12H2,1-2H3/t14-/m0/s1. The van der Waals surface area contributed by atoms with Gasteiger partial charge in [-0.2, -0.15) is 5.10 Å². The molecule has 1 aliphatic rings. The lowest BCUT2D eigenvalue weighted by atomic mass is 10.1. The van der Waals surface area contributed by atoms with Crippen molar-refractivity contribution in [1.29, 1.82) is 0 Å². The molecule has 9 heteroatoms. The van der Waals surface area contributed by atoms with Gasteiger partial charge in [-0.3, -0.25) is 9.59 Å². The molecule has 3 heterocycles. The Bertz CT molecular complexity index is 965. The van der Waals surface area contributed by atoms with Gasteiger partial charge in [0, 0.05) is 18.7 Å². The van der Waals surface area contributed by atoms with Crippen molar-refractivity contribution in [1.82, 2.24) is 14.7 Å². The van der Waals surface area contributed by atoms with Crippen molar-refractivity contribution in [3.05, 3.63) is 40.0 Å². The minimum atomic E-state index is -3.10. The summed E-state index contributed by atoms with van der Waals surface area (Å²) in [5.74, 6) is 0.0114. The minimum absolute atomic E-state index is 0.0109. The Morgan fingerprint density at radius 2 is 2.15 bits per heavy atom. The summed E-state index contributed by atoms with van der Waals surface area (Å²) in [6.45, 7) is 4.22. The number of hydrogen-bond donors (Lipinski definition) is 0. The van der Waals surface area contributed by atoms with Crippen LogP contribution in [-0.2, 0) is 21.2 Å². The van der Waals surface area contributed by atoms with E-state index in [1.54, 1.807) is 11.0 Å². The van der Waals surface area contributed by atoms with Gasteiger partial charge in [0.25, 0.3) is 5.56 Å². The first-order valence-electron chi connectivity index (χ1n) is 8.87. The normalized spacial score (nSPS) is 18.7. The Balaban J connectivity index is 1.83. The van der Waals surface area contributed by atoms with Crippen molar-refractivity contribution in [2.24, 2.45) is 5.92 Å². The zero-order chi connectivity index (χ0) is 19.6. The van der Waals surface area contributed by atoms with Crippen LogP contribution in [0.1, 0.15) is 20.3 Å². The summed E-state index contributed by atoms with van der Waals surface area (Å²) in [5, 5.41) is 6.24. The van der Waals surface area contributed by atoms with E-state index in [2.05, 4.69) is 5.10 Å². The van der Waals surface area contributed by atoms with Gasteiger partial charge in [-0.1, -0.05) is 19.9 Å². The number of amides is 1. The van der Waals surface area contributed by atoms with Crippen molar-refractivity contribution < 1.29 is 13.2 Å². The number of hydrogen-bond acceptors (Lipinski definition) is 6. The second kappa shape index (κ2) is 7.93. The highest BCUT2D eigenvalue weighted by atomic mass is 32.2. The molecule has 0 saturated carbocycles. The highest BCUT2D eigenvalue weighted by molar-refractivity contribution is 7.91. The van der Waals surface area contributed by atoms with Crippen LogP contribution >= 0.6 is 11.3 Å². The molecule has 0 bridgehead atoms. The van der Waals surface area contributed by atoms with Gasteiger partial charge in [0.15, 0.2) is 9.84 Å². The van der Waals surface area contributed by atoms with Crippen molar-refractivity contribution >= 4 is 27.1 Å². The second-order valence-corrected chi connectivity index (χ2v) is 10.4. The molecule has 1 fully saturated rings. The summed E-state index contributed by atoms with van der Waals surface area (Å²) in [5.41, 5.74) is 0.281. The van der Waals surface area contributed by atoms with E-state index in [9.17, 15) is 18.0 Å². The maximum absolute atomic E-state index is 12.9. The molecule has 0 radical (unpaired) electrons. The Kier molecular flexibility index (Phi) is 5.81. The molecular formula is C18H23N3O4S2. The Hall–Kier alpha value is -2.00. The van der Waals surface area contributed by atoms with Gasteiger partial charge in [-0.25, -0.2) is 13.1 Å². The summed E-state index contributed by atoms with van der Waals surface area (Å²) in [4.78, 5) is 27.6. The molecule has 1 amide bonds. The van der Waals surface area contributed by atoms with Gasteiger partial charge in [-0.15, -0.1) is 11.3 Å². The second-order valence-electron chi connectivity index (χ2n) is 7.19. The predicted molar refractivity (Wildman–Crippen MR) is 105 cm³/mol. The first-order chi connectivity index (χ1) is 12.7. The smallest absolute Gasteiger partial charge is 0.267 e. The molecule has 0 spiro atoms. The van der Waals surface area contributed by atoms with Crippen LogP contribution in [0.4, 0.5) is 0 Å². The lowest BCUT2D eigenvalue weighted by molar-refractivity contribution is -0.134. The molecule has 1 atom stereocenters. The summed E-state index contributed by atoms with van der Waals surface area (Å²) in [7, 11) is -3.10. The van der Waals surface area contributed by atoms with Gasteiger partial charge in [-0.05, 0) is 29.9 Å². The summed E-state index contributed by atoms with van der Waals surface area (Å²) in [6, 6.07) is 6.51. The predicted octanol–water partition coefficient (Wildman–Crippen LogP) is 1.64. The number of nitrogens with zero attached hydrogens (tertiary/aromatic N) is 3. The third kappa shape index (κ3) is 4.84. The van der Waals surface area contributed by atoms with E-state index < -0.39 is 9.84 Å². The number of thiophene rings is 1. The fraction of sp³-hybridized carbons (Fsp3) is 0.500. The fourth-order valence-electron chi connectivity index (χ4n) is 3.21. The molecule has 2 aromatic rings. The van der Waals surface area contributed by atoms with Crippen LogP contribution in [0.2, 0.25) is 0 Å². The monoisotopic (exact) mass is 409 g/mol. The topological polar surface area (TPSA) is 89.3 Å². The Morgan fingerprint density at radius 3 is 2.74 bits per heavy atom. The van der Waals surface area contributed by atoms with Crippen molar-refractivity contribution in [3.63, 3.8) is 0 Å². The molecule has 7 nitrogen and oxygen atoms in total. The van der Waals surface area contributed by atoms with E-state index in [0.29, 0.717) is 18.7 Å². The third-order valence-electron chi connectivity index (χ3n) is 4.46. The first kappa shape index (κ1) is 19.8. The molecule has 3 rings (SSSR count). The maximum atomic E-state index is 12.9.